The van der Waals surface area contributed by atoms with E-state index >= 15 is 0 Å². The first kappa shape index (κ1) is 16.6. The lowest BCUT2D eigenvalue weighted by Crippen LogP contribution is -2.30. The van der Waals surface area contributed by atoms with Crippen LogP contribution in [-0.2, 0) is 20.0 Å². The Kier molecular flexibility index (Phi) is 6.10. The van der Waals surface area contributed by atoms with Crippen molar-refractivity contribution in [3.63, 3.8) is 0 Å². The Morgan fingerprint density at radius 3 is 2.45 bits per heavy atom. The molecule has 5 heteroatoms. The monoisotopic (exact) mass is 302 g/mol. The maximum Gasteiger partial charge on any atom is 0.146 e. The number of rotatable bonds is 8. The average molecular weight is 302 g/mol. The summed E-state index contributed by atoms with van der Waals surface area (Å²) < 4.78 is 2.07. The molecule has 0 spiro atoms. The Bertz CT molecular complexity index is 565. The number of aliphatic hydroxyl groups is 1. The van der Waals surface area contributed by atoms with Crippen LogP contribution in [0.1, 0.15) is 37.0 Å². The van der Waals surface area contributed by atoms with Gasteiger partial charge < -0.3 is 9.67 Å². The third-order valence-electron chi connectivity index (χ3n) is 3.86. The van der Waals surface area contributed by atoms with Gasteiger partial charge in [0.2, 0.25) is 0 Å². The molecule has 2 rings (SSSR count). The predicted octanol–water partition coefficient (Wildman–Crippen LogP) is 1.98. The molecule has 0 atom stereocenters. The van der Waals surface area contributed by atoms with Crippen molar-refractivity contribution < 1.29 is 5.11 Å². The van der Waals surface area contributed by atoms with Gasteiger partial charge in [-0.2, -0.15) is 0 Å². The van der Waals surface area contributed by atoms with Crippen molar-refractivity contribution in [1.29, 1.82) is 0 Å². The van der Waals surface area contributed by atoms with Gasteiger partial charge in [-0.25, -0.2) is 0 Å². The molecule has 5 nitrogen and oxygen atoms in total. The number of benzene rings is 1. The van der Waals surface area contributed by atoms with E-state index in [2.05, 4.69) is 57.8 Å². The van der Waals surface area contributed by atoms with E-state index in [1.54, 1.807) is 0 Å². The summed E-state index contributed by atoms with van der Waals surface area (Å²) in [7, 11) is 2.01. The molecule has 1 N–H and O–H groups in total. The van der Waals surface area contributed by atoms with Crippen LogP contribution in [0.25, 0.3) is 0 Å². The third kappa shape index (κ3) is 4.39. The zero-order valence-corrected chi connectivity index (χ0v) is 13.7. The molecular weight excluding hydrogens is 276 g/mol. The summed E-state index contributed by atoms with van der Waals surface area (Å²) in [5.41, 5.74) is 1.31. The molecule has 0 radical (unpaired) electrons. The summed E-state index contributed by atoms with van der Waals surface area (Å²) in [5.74, 6) is 2.31. The molecule has 0 aliphatic carbocycles. The van der Waals surface area contributed by atoms with Crippen LogP contribution < -0.4 is 0 Å². The van der Waals surface area contributed by atoms with E-state index in [-0.39, 0.29) is 6.61 Å². The van der Waals surface area contributed by atoms with Crippen LogP contribution in [0, 0.1) is 0 Å². The standard InChI is InChI=1S/C17H26N4O/c1-14(2)17-19-18-16(20(17)3)13-21(11-12-22)10-9-15-7-5-4-6-8-15/h4-8,14,22H,9-13H2,1-3H3. The van der Waals surface area contributed by atoms with Crippen LogP contribution in [0.3, 0.4) is 0 Å². The first-order valence-corrected chi connectivity index (χ1v) is 7.87. The Labute approximate surface area is 132 Å². The van der Waals surface area contributed by atoms with Crippen LogP contribution >= 0.6 is 0 Å². The molecular formula is C17H26N4O. The maximum absolute atomic E-state index is 9.29. The summed E-state index contributed by atoms with van der Waals surface area (Å²) in [6.45, 7) is 6.65. The zero-order valence-electron chi connectivity index (χ0n) is 13.7. The van der Waals surface area contributed by atoms with Crippen molar-refractivity contribution in [2.75, 3.05) is 19.7 Å². The van der Waals surface area contributed by atoms with E-state index in [1.807, 2.05) is 13.1 Å². The molecule has 1 aromatic carbocycles. The largest absolute Gasteiger partial charge is 0.395 e. The van der Waals surface area contributed by atoms with Gasteiger partial charge in [0.25, 0.3) is 0 Å². The summed E-state index contributed by atoms with van der Waals surface area (Å²) in [4.78, 5) is 2.22. The number of aromatic nitrogens is 3. The van der Waals surface area contributed by atoms with Gasteiger partial charge in [-0.1, -0.05) is 44.2 Å². The number of hydrogen-bond donors (Lipinski definition) is 1. The molecule has 1 heterocycles. The summed E-state index contributed by atoms with van der Waals surface area (Å²) >= 11 is 0. The molecule has 120 valence electrons. The molecule has 0 fully saturated rings. The minimum atomic E-state index is 0.156. The third-order valence-corrected chi connectivity index (χ3v) is 3.86. The molecule has 0 saturated heterocycles. The van der Waals surface area contributed by atoms with Gasteiger partial charge in [0.15, 0.2) is 0 Å². The highest BCUT2D eigenvalue weighted by Gasteiger charge is 2.14. The first-order valence-electron chi connectivity index (χ1n) is 7.87. The Morgan fingerprint density at radius 1 is 1.14 bits per heavy atom. The van der Waals surface area contributed by atoms with Gasteiger partial charge in [0.1, 0.15) is 11.6 Å². The Morgan fingerprint density at radius 2 is 1.86 bits per heavy atom. The van der Waals surface area contributed by atoms with Gasteiger partial charge in [-0.15, -0.1) is 10.2 Å². The topological polar surface area (TPSA) is 54.2 Å². The van der Waals surface area contributed by atoms with Crippen molar-refractivity contribution in [2.24, 2.45) is 7.05 Å². The average Bonchev–Trinajstić information content (AvgIpc) is 2.87. The second-order valence-electron chi connectivity index (χ2n) is 5.92. The first-order chi connectivity index (χ1) is 10.6. The van der Waals surface area contributed by atoms with Crippen LogP contribution in [0.4, 0.5) is 0 Å². The molecule has 0 bridgehead atoms. The Balaban J connectivity index is 1.99. The Hall–Kier alpha value is -1.72. The van der Waals surface area contributed by atoms with E-state index in [0.29, 0.717) is 19.0 Å². The van der Waals surface area contributed by atoms with Crippen molar-refractivity contribution in [1.82, 2.24) is 19.7 Å². The quantitative estimate of drug-likeness (QED) is 0.810. The fourth-order valence-corrected chi connectivity index (χ4v) is 2.56. The molecule has 0 amide bonds. The minimum Gasteiger partial charge on any atom is -0.395 e. The zero-order chi connectivity index (χ0) is 15.9. The van der Waals surface area contributed by atoms with Gasteiger partial charge in [-0.05, 0) is 12.0 Å². The highest BCUT2D eigenvalue weighted by atomic mass is 16.3. The lowest BCUT2D eigenvalue weighted by atomic mass is 10.1. The van der Waals surface area contributed by atoms with E-state index < -0.39 is 0 Å². The van der Waals surface area contributed by atoms with Crippen LogP contribution in [0.5, 0.6) is 0 Å². The van der Waals surface area contributed by atoms with Crippen molar-refractivity contribution in [3.8, 4) is 0 Å². The summed E-state index contributed by atoms with van der Waals surface area (Å²) in [6.07, 6.45) is 0.968. The SMILES string of the molecule is CC(C)c1nnc(CN(CCO)CCc2ccccc2)n1C. The van der Waals surface area contributed by atoms with Gasteiger partial charge in [0.05, 0.1) is 13.2 Å². The van der Waals surface area contributed by atoms with E-state index in [4.69, 9.17) is 0 Å². The van der Waals surface area contributed by atoms with E-state index in [9.17, 15) is 5.11 Å². The molecule has 22 heavy (non-hydrogen) atoms. The van der Waals surface area contributed by atoms with Crippen LogP contribution in [0.15, 0.2) is 30.3 Å². The number of aliphatic hydroxyl groups excluding tert-OH is 1. The number of hydrogen-bond acceptors (Lipinski definition) is 4. The van der Waals surface area contributed by atoms with Crippen molar-refractivity contribution in [3.05, 3.63) is 47.5 Å². The van der Waals surface area contributed by atoms with Gasteiger partial charge in [0, 0.05) is 26.1 Å². The second-order valence-corrected chi connectivity index (χ2v) is 5.92. The molecule has 0 aliphatic rings. The predicted molar refractivity (Wildman–Crippen MR) is 87.6 cm³/mol. The van der Waals surface area contributed by atoms with Gasteiger partial charge in [-0.3, -0.25) is 4.90 Å². The van der Waals surface area contributed by atoms with Crippen molar-refractivity contribution in [2.45, 2.75) is 32.7 Å². The van der Waals surface area contributed by atoms with Crippen molar-refractivity contribution >= 4 is 0 Å². The maximum atomic E-state index is 9.29. The van der Waals surface area contributed by atoms with E-state index in [1.165, 1.54) is 5.56 Å². The highest BCUT2D eigenvalue weighted by Crippen LogP contribution is 2.13. The van der Waals surface area contributed by atoms with Crippen LogP contribution in [0.2, 0.25) is 0 Å². The fraction of sp³-hybridized carbons (Fsp3) is 0.529. The van der Waals surface area contributed by atoms with Crippen LogP contribution in [-0.4, -0.2) is 44.5 Å². The number of nitrogens with zero attached hydrogens (tertiary/aromatic N) is 4. The smallest absolute Gasteiger partial charge is 0.146 e. The van der Waals surface area contributed by atoms with E-state index in [0.717, 1.165) is 24.6 Å². The molecule has 2 aromatic rings. The molecule has 0 aliphatic heterocycles. The lowest BCUT2D eigenvalue weighted by molar-refractivity contribution is 0.187. The summed E-state index contributed by atoms with van der Waals surface area (Å²) in [6, 6.07) is 10.4. The molecule has 1 aromatic heterocycles. The fourth-order valence-electron chi connectivity index (χ4n) is 2.56. The van der Waals surface area contributed by atoms with Gasteiger partial charge >= 0.3 is 0 Å². The lowest BCUT2D eigenvalue weighted by Gasteiger charge is -2.21. The minimum absolute atomic E-state index is 0.156. The summed E-state index contributed by atoms with van der Waals surface area (Å²) in [5, 5.41) is 17.9. The highest BCUT2D eigenvalue weighted by molar-refractivity contribution is 5.14. The molecule has 0 unspecified atom stereocenters. The second kappa shape index (κ2) is 8.06. The molecule has 0 saturated carbocycles. The normalized spacial score (nSPS) is 11.5.